The topological polar surface area (TPSA) is 72.0 Å². The third-order valence-corrected chi connectivity index (χ3v) is 4.82. The van der Waals surface area contributed by atoms with Crippen molar-refractivity contribution in [2.45, 2.75) is 32.4 Å². The summed E-state index contributed by atoms with van der Waals surface area (Å²) < 4.78 is 22.3. The van der Waals surface area contributed by atoms with Gasteiger partial charge in [-0.25, -0.2) is 18.4 Å². The van der Waals surface area contributed by atoms with Gasteiger partial charge in [-0.15, -0.1) is 0 Å². The van der Waals surface area contributed by atoms with Gasteiger partial charge in [-0.3, -0.25) is 0 Å². The van der Waals surface area contributed by atoms with Gasteiger partial charge in [0, 0.05) is 24.6 Å². The van der Waals surface area contributed by atoms with E-state index in [1.165, 1.54) is 6.26 Å². The fourth-order valence-electron chi connectivity index (χ4n) is 1.24. The lowest BCUT2D eigenvalue weighted by Crippen LogP contribution is -2.38. The minimum atomic E-state index is -3.10. The highest BCUT2D eigenvalue weighted by Crippen LogP contribution is 2.16. The minimum Gasteiger partial charge on any atom is -0.368 e. The Kier molecular flexibility index (Phi) is 3.76. The van der Waals surface area contributed by atoms with Crippen LogP contribution in [0.15, 0.2) is 6.07 Å². The molecule has 0 aliphatic rings. The van der Waals surface area contributed by atoms with Crippen molar-refractivity contribution in [3.8, 4) is 0 Å². The zero-order chi connectivity index (χ0) is 13.3. The molecule has 1 aromatic rings. The molecule has 0 saturated heterocycles. The Morgan fingerprint density at radius 1 is 1.29 bits per heavy atom. The van der Waals surface area contributed by atoms with E-state index in [1.807, 2.05) is 6.92 Å². The van der Waals surface area contributed by atoms with Gasteiger partial charge in [0.15, 0.2) is 9.84 Å². The van der Waals surface area contributed by atoms with E-state index in [-0.39, 0.29) is 0 Å². The van der Waals surface area contributed by atoms with Crippen LogP contribution in [0.25, 0.3) is 0 Å². The molecule has 0 amide bonds. The normalized spacial score (nSPS) is 12.5. The van der Waals surface area contributed by atoms with E-state index in [4.69, 9.17) is 0 Å². The van der Waals surface area contributed by atoms with E-state index >= 15 is 0 Å². The number of hydrogen-bond acceptors (Lipinski definition) is 5. The summed E-state index contributed by atoms with van der Waals surface area (Å²) in [5.41, 5.74) is 0.858. The number of rotatable bonds is 4. The summed E-state index contributed by atoms with van der Waals surface area (Å²) in [5, 5.41) is 3.04. The van der Waals surface area contributed by atoms with Gasteiger partial charge in [0.2, 0.25) is 0 Å². The second-order valence-electron chi connectivity index (χ2n) is 4.83. The van der Waals surface area contributed by atoms with E-state index in [9.17, 15) is 8.42 Å². The molecule has 0 bridgehead atoms. The average molecular weight is 257 g/mol. The molecule has 96 valence electrons. The number of nitrogens with one attached hydrogen (secondary N) is 1. The molecule has 1 aromatic heterocycles. The molecule has 0 atom stereocenters. The summed E-state index contributed by atoms with van der Waals surface area (Å²) in [6.45, 7) is 7.38. The van der Waals surface area contributed by atoms with Crippen LogP contribution in [-0.4, -0.2) is 35.9 Å². The Labute approximate surface area is 103 Å². The largest absolute Gasteiger partial charge is 0.368 e. The molecule has 0 radical (unpaired) electrons. The van der Waals surface area contributed by atoms with Gasteiger partial charge in [0.25, 0.3) is 0 Å². The fraction of sp³-hybridized carbons (Fsp3) is 0.636. The molecule has 1 N–H and O–H groups in total. The smallest absolute Gasteiger partial charge is 0.154 e. The molecule has 0 saturated carbocycles. The van der Waals surface area contributed by atoms with Gasteiger partial charge in [-0.05, 0) is 27.7 Å². The van der Waals surface area contributed by atoms with Crippen molar-refractivity contribution >= 4 is 15.7 Å². The van der Waals surface area contributed by atoms with Crippen LogP contribution in [0.1, 0.15) is 25.4 Å². The number of aryl methyl sites for hydroxylation is 2. The highest BCUT2D eigenvalue weighted by Gasteiger charge is 2.29. The number of nitrogens with zero attached hydrogens (tertiary/aromatic N) is 2. The van der Waals surface area contributed by atoms with Crippen LogP contribution in [0, 0.1) is 13.8 Å². The van der Waals surface area contributed by atoms with Crippen LogP contribution in [0.2, 0.25) is 0 Å². The van der Waals surface area contributed by atoms with Crippen molar-refractivity contribution in [1.29, 1.82) is 0 Å². The lowest BCUT2D eigenvalue weighted by atomic mass is 10.2. The van der Waals surface area contributed by atoms with Gasteiger partial charge < -0.3 is 5.32 Å². The molecule has 0 fully saturated rings. The summed E-state index contributed by atoms with van der Waals surface area (Å²) in [5.74, 6) is 1.33. The van der Waals surface area contributed by atoms with Crippen molar-refractivity contribution in [3.05, 3.63) is 17.6 Å². The molecule has 1 rings (SSSR count). The quantitative estimate of drug-likeness (QED) is 0.881. The first-order chi connectivity index (χ1) is 7.62. The van der Waals surface area contributed by atoms with Gasteiger partial charge in [0.1, 0.15) is 11.6 Å². The molecular weight excluding hydrogens is 238 g/mol. The highest BCUT2D eigenvalue weighted by atomic mass is 32.2. The van der Waals surface area contributed by atoms with E-state index < -0.39 is 14.6 Å². The third kappa shape index (κ3) is 3.66. The number of hydrogen-bond donors (Lipinski definition) is 1. The zero-order valence-electron chi connectivity index (χ0n) is 10.9. The highest BCUT2D eigenvalue weighted by molar-refractivity contribution is 7.92. The number of anilines is 1. The van der Waals surface area contributed by atoms with Gasteiger partial charge >= 0.3 is 0 Å². The molecule has 0 aliphatic carbocycles. The average Bonchev–Trinajstić information content (AvgIpc) is 2.11. The maximum Gasteiger partial charge on any atom is 0.154 e. The first-order valence-electron chi connectivity index (χ1n) is 5.37. The van der Waals surface area contributed by atoms with Crippen molar-refractivity contribution in [2.24, 2.45) is 0 Å². The lowest BCUT2D eigenvalue weighted by molar-refractivity contribution is 0.559. The molecule has 5 nitrogen and oxygen atoms in total. The van der Waals surface area contributed by atoms with Crippen LogP contribution in [0.3, 0.4) is 0 Å². The van der Waals surface area contributed by atoms with Crippen molar-refractivity contribution in [3.63, 3.8) is 0 Å². The third-order valence-electron chi connectivity index (χ3n) is 2.67. The Morgan fingerprint density at radius 2 is 1.88 bits per heavy atom. The summed E-state index contributed by atoms with van der Waals surface area (Å²) in [7, 11) is -3.10. The summed E-state index contributed by atoms with van der Waals surface area (Å²) in [6.07, 6.45) is 1.24. The maximum atomic E-state index is 11.5. The van der Waals surface area contributed by atoms with Crippen molar-refractivity contribution in [2.75, 3.05) is 18.1 Å². The maximum absolute atomic E-state index is 11.5. The standard InChI is InChI=1S/C11H19N3O2S/c1-8-6-10(14-9(2)13-8)12-7-11(3,4)17(5,15)16/h6H,7H2,1-5H3,(H,12,13,14). The number of sulfone groups is 1. The molecule has 17 heavy (non-hydrogen) atoms. The first-order valence-corrected chi connectivity index (χ1v) is 7.27. The van der Waals surface area contributed by atoms with Gasteiger partial charge in [0.05, 0.1) is 4.75 Å². The van der Waals surface area contributed by atoms with Gasteiger partial charge in [-0.1, -0.05) is 0 Å². The molecule has 0 spiro atoms. The van der Waals surface area contributed by atoms with Crippen LogP contribution < -0.4 is 5.32 Å². The monoisotopic (exact) mass is 257 g/mol. The predicted molar refractivity (Wildman–Crippen MR) is 68.9 cm³/mol. The van der Waals surface area contributed by atoms with Crippen LogP contribution in [0.4, 0.5) is 5.82 Å². The second kappa shape index (κ2) is 4.60. The van der Waals surface area contributed by atoms with Crippen LogP contribution in [0.5, 0.6) is 0 Å². The van der Waals surface area contributed by atoms with Crippen molar-refractivity contribution < 1.29 is 8.42 Å². The molecule has 0 aromatic carbocycles. The molecule has 0 aliphatic heterocycles. The zero-order valence-corrected chi connectivity index (χ0v) is 11.7. The SMILES string of the molecule is Cc1cc(NCC(C)(C)S(C)(=O)=O)nc(C)n1. The Balaban J connectivity index is 2.81. The Hall–Kier alpha value is -1.17. The summed E-state index contributed by atoms with van der Waals surface area (Å²) >= 11 is 0. The molecule has 1 heterocycles. The fourth-order valence-corrected chi connectivity index (χ4v) is 1.58. The Bertz CT molecular complexity index is 489. The van der Waals surface area contributed by atoms with Gasteiger partial charge in [-0.2, -0.15) is 0 Å². The molecule has 0 unspecified atom stereocenters. The summed E-state index contributed by atoms with van der Waals surface area (Å²) in [6, 6.07) is 1.80. The van der Waals surface area contributed by atoms with E-state index in [0.717, 1.165) is 5.69 Å². The van der Waals surface area contributed by atoms with Crippen molar-refractivity contribution in [1.82, 2.24) is 9.97 Å². The van der Waals surface area contributed by atoms with Crippen LogP contribution in [-0.2, 0) is 9.84 Å². The molecule has 6 heteroatoms. The number of aromatic nitrogens is 2. The predicted octanol–water partition coefficient (Wildman–Crippen LogP) is 1.33. The first kappa shape index (κ1) is 13.9. The summed E-state index contributed by atoms with van der Waals surface area (Å²) in [4.78, 5) is 8.36. The minimum absolute atomic E-state index is 0.321. The second-order valence-corrected chi connectivity index (χ2v) is 7.48. The van der Waals surface area contributed by atoms with Crippen LogP contribution >= 0.6 is 0 Å². The van der Waals surface area contributed by atoms with E-state index in [0.29, 0.717) is 18.2 Å². The lowest BCUT2D eigenvalue weighted by Gasteiger charge is -2.23. The molecular formula is C11H19N3O2S. The Morgan fingerprint density at radius 3 is 2.35 bits per heavy atom. The van der Waals surface area contributed by atoms with E-state index in [1.54, 1.807) is 26.8 Å². The van der Waals surface area contributed by atoms with E-state index in [2.05, 4.69) is 15.3 Å².